The smallest absolute Gasteiger partial charge is 0.338 e. The SMILES string of the molecule is CCOC(=O)c1ccc(NS(=O)(=O)c2cccc(C(=O)N3CCCc4ccccc43)c2)cc1. The quantitative estimate of drug-likeness (QED) is 0.551. The molecule has 4 rings (SSSR count). The molecule has 0 saturated heterocycles. The Bertz CT molecular complexity index is 1290. The molecule has 0 radical (unpaired) electrons. The Balaban J connectivity index is 1.55. The number of esters is 1. The molecule has 0 aliphatic carbocycles. The molecule has 0 unspecified atom stereocenters. The van der Waals surface area contributed by atoms with Gasteiger partial charge in [0.05, 0.1) is 17.1 Å². The van der Waals surface area contributed by atoms with Crippen molar-refractivity contribution in [1.82, 2.24) is 0 Å². The second kappa shape index (κ2) is 9.46. The van der Waals surface area contributed by atoms with Gasteiger partial charge in [0.2, 0.25) is 0 Å². The highest BCUT2D eigenvalue weighted by Crippen LogP contribution is 2.28. The number of sulfonamides is 1. The third-order valence-electron chi connectivity index (χ3n) is 5.39. The van der Waals surface area contributed by atoms with Crippen LogP contribution in [0.1, 0.15) is 39.6 Å². The minimum absolute atomic E-state index is 0.0203. The number of anilines is 2. The van der Waals surface area contributed by atoms with E-state index in [-0.39, 0.29) is 17.4 Å². The fourth-order valence-corrected chi connectivity index (χ4v) is 4.90. The van der Waals surface area contributed by atoms with Gasteiger partial charge < -0.3 is 9.64 Å². The summed E-state index contributed by atoms with van der Waals surface area (Å²) in [5, 5.41) is 0. The van der Waals surface area contributed by atoms with Gasteiger partial charge in [-0.1, -0.05) is 24.3 Å². The largest absolute Gasteiger partial charge is 0.462 e. The molecule has 170 valence electrons. The van der Waals surface area contributed by atoms with E-state index in [4.69, 9.17) is 4.74 Å². The van der Waals surface area contributed by atoms with E-state index in [1.807, 2.05) is 24.3 Å². The Kier molecular flexibility index (Phi) is 6.46. The predicted molar refractivity (Wildman–Crippen MR) is 126 cm³/mol. The minimum Gasteiger partial charge on any atom is -0.462 e. The average Bonchev–Trinajstić information content (AvgIpc) is 2.83. The van der Waals surface area contributed by atoms with Crippen LogP contribution in [0.5, 0.6) is 0 Å². The molecular weight excluding hydrogens is 440 g/mol. The first-order valence-corrected chi connectivity index (χ1v) is 12.2. The second-order valence-electron chi connectivity index (χ2n) is 7.62. The molecule has 1 aliphatic rings. The highest BCUT2D eigenvalue weighted by atomic mass is 32.2. The number of rotatable bonds is 6. The number of carbonyl (C=O) groups is 2. The summed E-state index contributed by atoms with van der Waals surface area (Å²) in [6.07, 6.45) is 1.76. The Hall–Kier alpha value is -3.65. The number of hydrogen-bond acceptors (Lipinski definition) is 5. The van der Waals surface area contributed by atoms with Gasteiger partial charge in [-0.25, -0.2) is 13.2 Å². The zero-order chi connectivity index (χ0) is 23.4. The van der Waals surface area contributed by atoms with E-state index in [0.29, 0.717) is 23.4 Å². The third-order valence-corrected chi connectivity index (χ3v) is 6.77. The predicted octanol–water partition coefficient (Wildman–Crippen LogP) is 4.26. The van der Waals surface area contributed by atoms with Crippen LogP contribution in [0.3, 0.4) is 0 Å². The molecule has 7 nitrogen and oxygen atoms in total. The standard InChI is InChI=1S/C25H24N2O5S/c1-2-32-25(29)19-12-14-21(15-13-19)26-33(30,31)22-10-5-8-20(17-22)24(28)27-16-6-9-18-7-3-4-11-23(18)27/h3-5,7-8,10-15,17,26H,2,6,9,16H2,1H3. The van der Waals surface area contributed by atoms with Crippen molar-refractivity contribution in [1.29, 1.82) is 0 Å². The van der Waals surface area contributed by atoms with Crippen molar-refractivity contribution in [3.05, 3.63) is 89.5 Å². The Morgan fingerprint density at radius 1 is 0.970 bits per heavy atom. The van der Waals surface area contributed by atoms with Crippen molar-refractivity contribution in [3.63, 3.8) is 0 Å². The molecule has 3 aromatic carbocycles. The van der Waals surface area contributed by atoms with Crippen molar-refractivity contribution in [3.8, 4) is 0 Å². The summed E-state index contributed by atoms with van der Waals surface area (Å²) in [5.41, 5.74) is 2.89. The summed E-state index contributed by atoms with van der Waals surface area (Å²) in [5.74, 6) is -0.713. The lowest BCUT2D eigenvalue weighted by molar-refractivity contribution is 0.0526. The first-order valence-electron chi connectivity index (χ1n) is 10.7. The fraction of sp³-hybridized carbons (Fsp3) is 0.200. The van der Waals surface area contributed by atoms with Crippen molar-refractivity contribution in [2.75, 3.05) is 22.8 Å². The molecule has 3 aromatic rings. The number of benzene rings is 3. The van der Waals surface area contributed by atoms with E-state index >= 15 is 0 Å². The topological polar surface area (TPSA) is 92.8 Å². The van der Waals surface area contributed by atoms with Crippen LogP contribution in [0.15, 0.2) is 77.7 Å². The molecule has 1 amide bonds. The molecule has 8 heteroatoms. The zero-order valence-electron chi connectivity index (χ0n) is 18.2. The summed E-state index contributed by atoms with van der Waals surface area (Å²) in [7, 11) is -3.94. The highest BCUT2D eigenvalue weighted by Gasteiger charge is 2.24. The molecule has 0 aromatic heterocycles. The van der Waals surface area contributed by atoms with E-state index < -0.39 is 16.0 Å². The lowest BCUT2D eigenvalue weighted by atomic mass is 10.0. The number of carbonyl (C=O) groups excluding carboxylic acids is 2. The Labute approximate surface area is 193 Å². The molecule has 1 aliphatic heterocycles. The van der Waals surface area contributed by atoms with E-state index in [2.05, 4.69) is 4.72 Å². The fourth-order valence-electron chi connectivity index (χ4n) is 3.80. The first kappa shape index (κ1) is 22.5. The molecule has 1 N–H and O–H groups in total. The summed E-state index contributed by atoms with van der Waals surface area (Å²) in [6.45, 7) is 2.55. The molecule has 0 saturated carbocycles. The van der Waals surface area contributed by atoms with E-state index in [9.17, 15) is 18.0 Å². The molecular formula is C25H24N2O5S. The number of fused-ring (bicyclic) bond motifs is 1. The van der Waals surface area contributed by atoms with E-state index in [0.717, 1.165) is 24.1 Å². The number of amides is 1. The number of para-hydroxylation sites is 1. The molecule has 0 spiro atoms. The number of hydrogen-bond donors (Lipinski definition) is 1. The van der Waals surface area contributed by atoms with Crippen LogP contribution < -0.4 is 9.62 Å². The Morgan fingerprint density at radius 2 is 1.73 bits per heavy atom. The number of nitrogens with one attached hydrogen (secondary N) is 1. The van der Waals surface area contributed by atoms with Gasteiger partial charge in [0.15, 0.2) is 0 Å². The van der Waals surface area contributed by atoms with E-state index in [1.54, 1.807) is 24.0 Å². The third kappa shape index (κ3) is 4.90. The van der Waals surface area contributed by atoms with Gasteiger partial charge in [-0.05, 0) is 73.9 Å². The minimum atomic E-state index is -3.94. The van der Waals surface area contributed by atoms with Gasteiger partial charge >= 0.3 is 5.97 Å². The van der Waals surface area contributed by atoms with Crippen molar-refractivity contribution in [2.45, 2.75) is 24.7 Å². The van der Waals surface area contributed by atoms with Gasteiger partial charge in [-0.3, -0.25) is 9.52 Å². The molecule has 0 atom stereocenters. The molecule has 33 heavy (non-hydrogen) atoms. The maximum absolute atomic E-state index is 13.2. The molecule has 0 fully saturated rings. The molecule has 0 bridgehead atoms. The van der Waals surface area contributed by atoms with Gasteiger partial charge in [0.1, 0.15) is 0 Å². The second-order valence-corrected chi connectivity index (χ2v) is 9.30. The van der Waals surface area contributed by atoms with Crippen LogP contribution in [0.4, 0.5) is 11.4 Å². The Morgan fingerprint density at radius 3 is 2.48 bits per heavy atom. The number of aryl methyl sites for hydroxylation is 1. The monoisotopic (exact) mass is 464 g/mol. The van der Waals surface area contributed by atoms with Crippen LogP contribution in [-0.4, -0.2) is 33.4 Å². The first-order chi connectivity index (χ1) is 15.9. The zero-order valence-corrected chi connectivity index (χ0v) is 19.0. The maximum atomic E-state index is 13.2. The van der Waals surface area contributed by atoms with Crippen LogP contribution in [0.25, 0.3) is 0 Å². The normalized spacial score (nSPS) is 13.2. The molecule has 1 heterocycles. The maximum Gasteiger partial charge on any atom is 0.338 e. The van der Waals surface area contributed by atoms with Gasteiger partial charge in [-0.15, -0.1) is 0 Å². The van der Waals surface area contributed by atoms with Crippen molar-refractivity contribution < 1.29 is 22.7 Å². The lowest BCUT2D eigenvalue weighted by Gasteiger charge is -2.29. The average molecular weight is 465 g/mol. The van der Waals surface area contributed by atoms with Gasteiger partial charge in [0.25, 0.3) is 15.9 Å². The van der Waals surface area contributed by atoms with Crippen molar-refractivity contribution >= 4 is 33.3 Å². The van der Waals surface area contributed by atoms with E-state index in [1.165, 1.54) is 36.4 Å². The number of ether oxygens (including phenoxy) is 1. The summed E-state index contributed by atoms with van der Waals surface area (Å²) >= 11 is 0. The van der Waals surface area contributed by atoms with Crippen LogP contribution in [0.2, 0.25) is 0 Å². The summed E-state index contributed by atoms with van der Waals surface area (Å²) in [6, 6.07) is 19.7. The summed E-state index contributed by atoms with van der Waals surface area (Å²) in [4.78, 5) is 26.7. The van der Waals surface area contributed by atoms with Crippen LogP contribution >= 0.6 is 0 Å². The number of nitrogens with zero attached hydrogens (tertiary/aromatic N) is 1. The van der Waals surface area contributed by atoms with Gasteiger partial charge in [0, 0.05) is 23.5 Å². The van der Waals surface area contributed by atoms with Gasteiger partial charge in [-0.2, -0.15) is 0 Å². The van der Waals surface area contributed by atoms with Crippen LogP contribution in [0, 0.1) is 0 Å². The highest BCUT2D eigenvalue weighted by molar-refractivity contribution is 7.92. The van der Waals surface area contributed by atoms with Crippen LogP contribution in [-0.2, 0) is 21.2 Å². The van der Waals surface area contributed by atoms with Crippen molar-refractivity contribution in [2.24, 2.45) is 0 Å². The summed E-state index contributed by atoms with van der Waals surface area (Å²) < 4.78 is 33.3. The lowest BCUT2D eigenvalue weighted by Crippen LogP contribution is -2.35.